The summed E-state index contributed by atoms with van der Waals surface area (Å²) in [4.78, 5) is 13.3. The van der Waals surface area contributed by atoms with Crippen LogP contribution in [-0.2, 0) is 23.7 Å². The van der Waals surface area contributed by atoms with Gasteiger partial charge in [0.2, 0.25) is 5.91 Å². The van der Waals surface area contributed by atoms with Crippen LogP contribution < -0.4 is 5.32 Å². The van der Waals surface area contributed by atoms with E-state index in [4.69, 9.17) is 18.9 Å². The Morgan fingerprint density at radius 1 is 0.407 bits per heavy atom. The summed E-state index contributed by atoms with van der Waals surface area (Å²) in [5.74, 6) is -0.254. The number of carbonyl (C=O) groups excluding carboxylic acids is 1. The molecule has 14 nitrogen and oxygen atoms in total. The first-order valence-electron chi connectivity index (χ1n) is 37.3. The van der Waals surface area contributed by atoms with E-state index in [1.807, 2.05) is 6.08 Å². The van der Waals surface area contributed by atoms with Crippen molar-refractivity contribution in [2.75, 3.05) is 19.8 Å². The van der Waals surface area contributed by atoms with Crippen molar-refractivity contribution in [3.8, 4) is 0 Å². The average Bonchev–Trinajstić information content (AvgIpc) is 1.15. The van der Waals surface area contributed by atoms with Gasteiger partial charge in [0, 0.05) is 6.42 Å². The molecule has 528 valence electrons. The molecule has 2 heterocycles. The van der Waals surface area contributed by atoms with Crippen molar-refractivity contribution in [3.05, 3.63) is 85.1 Å². The number of rotatable bonds is 61. The lowest BCUT2D eigenvalue weighted by Gasteiger charge is -2.46. The Kier molecular flexibility index (Phi) is 56.3. The molecule has 0 aliphatic carbocycles. The van der Waals surface area contributed by atoms with Crippen LogP contribution in [0.25, 0.3) is 0 Å². The Hall–Kier alpha value is -2.83. The van der Waals surface area contributed by atoms with Crippen LogP contribution >= 0.6 is 0 Å². The topological polar surface area (TPSA) is 228 Å². The van der Waals surface area contributed by atoms with Crippen molar-refractivity contribution >= 4 is 5.91 Å². The minimum absolute atomic E-state index is 0.254. The Labute approximate surface area is 554 Å². The summed E-state index contributed by atoms with van der Waals surface area (Å²) in [7, 11) is 0. The number of nitrogens with one attached hydrogen (secondary N) is 1. The van der Waals surface area contributed by atoms with Crippen LogP contribution in [0.3, 0.4) is 0 Å². The van der Waals surface area contributed by atoms with Crippen molar-refractivity contribution < 1.29 is 64.6 Å². The molecule has 0 radical (unpaired) electrons. The first-order valence-corrected chi connectivity index (χ1v) is 37.3. The Morgan fingerprint density at radius 2 is 0.758 bits per heavy atom. The third kappa shape index (κ3) is 44.5. The van der Waals surface area contributed by atoms with Crippen LogP contribution in [0.1, 0.15) is 303 Å². The molecule has 0 aromatic carbocycles. The summed E-state index contributed by atoms with van der Waals surface area (Å²) >= 11 is 0. The second kappa shape index (κ2) is 60.8. The number of unbranched alkanes of at least 4 members (excludes halogenated alkanes) is 36. The van der Waals surface area contributed by atoms with Crippen LogP contribution in [0.15, 0.2) is 85.1 Å². The van der Waals surface area contributed by atoms with E-state index < -0.39 is 86.8 Å². The van der Waals surface area contributed by atoms with Crippen LogP contribution in [0.5, 0.6) is 0 Å². The molecular formula is C77H137NO13. The SMILES string of the molecule is CC/C=C\C/C=C\C/C=C\C/C=C\C/C=C\C/C=C\CCCCCCCCC(=O)NC(COC1OC(CO)C(OC2OC(CO)C(O)C(O)C2O)C(O)C1O)C(O)/C=C/CCCCCCCCCCCCCCCCCCCCCCCCCCCCCCCC. The predicted molar refractivity (Wildman–Crippen MR) is 373 cm³/mol. The normalized spacial score (nSPS) is 23.3. The quantitative estimate of drug-likeness (QED) is 0.0204. The molecule has 2 fully saturated rings. The number of allylic oxidation sites excluding steroid dienone is 13. The molecule has 2 aliphatic heterocycles. The van der Waals surface area contributed by atoms with Gasteiger partial charge in [0.1, 0.15) is 48.8 Å². The minimum atomic E-state index is -1.79. The van der Waals surface area contributed by atoms with Gasteiger partial charge in [-0.1, -0.05) is 311 Å². The summed E-state index contributed by atoms with van der Waals surface area (Å²) < 4.78 is 22.9. The highest BCUT2D eigenvalue weighted by molar-refractivity contribution is 5.76. The lowest BCUT2D eigenvalue weighted by molar-refractivity contribution is -0.359. The lowest BCUT2D eigenvalue weighted by atomic mass is 9.97. The molecule has 2 saturated heterocycles. The largest absolute Gasteiger partial charge is 0.394 e. The second-order valence-electron chi connectivity index (χ2n) is 26.0. The van der Waals surface area contributed by atoms with E-state index in [1.165, 1.54) is 180 Å². The maximum atomic E-state index is 13.3. The zero-order chi connectivity index (χ0) is 65.9. The summed E-state index contributed by atoms with van der Waals surface area (Å²) in [5, 5.41) is 87.5. The minimum Gasteiger partial charge on any atom is -0.394 e. The molecule has 0 spiro atoms. The second-order valence-corrected chi connectivity index (χ2v) is 26.0. The van der Waals surface area contributed by atoms with Crippen molar-refractivity contribution in [1.29, 1.82) is 0 Å². The summed E-state index contributed by atoms with van der Waals surface area (Å²) in [6.45, 7) is 2.71. The van der Waals surface area contributed by atoms with E-state index >= 15 is 0 Å². The smallest absolute Gasteiger partial charge is 0.220 e. The standard InChI is InChI=1S/C77H137NO13/c1-3-5-7-9-11-13-15-17-19-21-23-25-27-29-30-31-32-33-34-35-37-38-40-42-44-46-48-50-52-54-56-58-60-66(81)65(64-88-76-74(87)72(85)75(68(63-80)90-76)91-77-73(86)71(84)70(83)67(62-79)89-77)78-69(82)61-59-57-55-53-51-49-47-45-43-41-39-36-28-26-24-22-20-18-16-14-12-10-8-6-4-2/h6,8,12,14,18,20,24,26,36,39,43,45,58,60,65-68,70-77,79-81,83-87H,3-5,7,9-11,13,15-17,19,21-23,25,27-35,37-38,40-42,44,46-57,59,61-64H2,1-2H3,(H,78,82)/b8-6-,14-12-,20-18-,26-24-,39-36-,45-43-,60-58+. The van der Waals surface area contributed by atoms with E-state index in [2.05, 4.69) is 92.1 Å². The molecule has 9 N–H and O–H groups in total. The number of hydrogen-bond acceptors (Lipinski definition) is 13. The van der Waals surface area contributed by atoms with Gasteiger partial charge in [-0.3, -0.25) is 4.79 Å². The van der Waals surface area contributed by atoms with Gasteiger partial charge in [-0.05, 0) is 70.6 Å². The third-order valence-corrected chi connectivity index (χ3v) is 17.8. The van der Waals surface area contributed by atoms with Gasteiger partial charge in [-0.25, -0.2) is 0 Å². The molecule has 0 aromatic rings. The van der Waals surface area contributed by atoms with Crippen molar-refractivity contribution in [1.82, 2.24) is 5.32 Å². The highest BCUT2D eigenvalue weighted by Gasteiger charge is 2.51. The van der Waals surface area contributed by atoms with Gasteiger partial charge in [-0.2, -0.15) is 0 Å². The van der Waals surface area contributed by atoms with Crippen LogP contribution in [0.4, 0.5) is 0 Å². The van der Waals surface area contributed by atoms with Gasteiger partial charge in [-0.15, -0.1) is 0 Å². The third-order valence-electron chi connectivity index (χ3n) is 17.8. The first-order chi connectivity index (χ1) is 44.6. The maximum absolute atomic E-state index is 13.3. The summed E-state index contributed by atoms with van der Waals surface area (Å²) in [6, 6.07) is -0.931. The van der Waals surface area contributed by atoms with Crippen LogP contribution in [-0.4, -0.2) is 140 Å². The molecule has 0 saturated carbocycles. The first kappa shape index (κ1) is 84.3. The van der Waals surface area contributed by atoms with Gasteiger partial charge < -0.3 is 65.1 Å². The number of aliphatic hydroxyl groups excluding tert-OH is 8. The molecule has 91 heavy (non-hydrogen) atoms. The zero-order valence-electron chi connectivity index (χ0n) is 57.6. The predicted octanol–water partition coefficient (Wildman–Crippen LogP) is 16.0. The van der Waals surface area contributed by atoms with Gasteiger partial charge in [0.05, 0.1) is 32.0 Å². The van der Waals surface area contributed by atoms with Crippen molar-refractivity contribution in [3.63, 3.8) is 0 Å². The Balaban J connectivity index is 1.67. The van der Waals surface area contributed by atoms with Gasteiger partial charge in [0.25, 0.3) is 0 Å². The van der Waals surface area contributed by atoms with E-state index in [0.717, 1.165) is 96.3 Å². The lowest BCUT2D eigenvalue weighted by Crippen LogP contribution is -2.65. The van der Waals surface area contributed by atoms with Crippen molar-refractivity contribution in [2.45, 2.75) is 376 Å². The maximum Gasteiger partial charge on any atom is 0.220 e. The molecule has 0 aromatic heterocycles. The molecule has 2 aliphatic rings. The number of hydrogen-bond donors (Lipinski definition) is 9. The number of carbonyl (C=O) groups is 1. The Bertz CT molecular complexity index is 1850. The fraction of sp³-hybridized carbons (Fsp3) is 0.805. The molecule has 0 bridgehead atoms. The number of ether oxygens (including phenoxy) is 4. The summed E-state index contributed by atoms with van der Waals surface area (Å²) in [6.07, 6.45) is 67.9. The molecule has 14 heteroatoms. The Morgan fingerprint density at radius 3 is 1.16 bits per heavy atom. The van der Waals surface area contributed by atoms with E-state index in [-0.39, 0.29) is 18.9 Å². The van der Waals surface area contributed by atoms with Crippen LogP contribution in [0, 0.1) is 0 Å². The van der Waals surface area contributed by atoms with Crippen molar-refractivity contribution in [2.24, 2.45) is 0 Å². The number of amides is 1. The van der Waals surface area contributed by atoms with E-state index in [9.17, 15) is 45.6 Å². The van der Waals surface area contributed by atoms with Gasteiger partial charge in [0.15, 0.2) is 12.6 Å². The fourth-order valence-corrected chi connectivity index (χ4v) is 11.9. The zero-order valence-corrected chi connectivity index (χ0v) is 57.6. The van der Waals surface area contributed by atoms with E-state index in [0.29, 0.717) is 6.42 Å². The number of aliphatic hydroxyl groups is 8. The average molecular weight is 1280 g/mol. The van der Waals surface area contributed by atoms with Crippen LogP contribution in [0.2, 0.25) is 0 Å². The molecule has 12 unspecified atom stereocenters. The molecule has 1 amide bonds. The highest BCUT2D eigenvalue weighted by atomic mass is 16.7. The molecular weight excluding hydrogens is 1150 g/mol. The fourth-order valence-electron chi connectivity index (χ4n) is 11.9. The molecule has 12 atom stereocenters. The van der Waals surface area contributed by atoms with Gasteiger partial charge >= 0.3 is 0 Å². The molecule has 2 rings (SSSR count). The summed E-state index contributed by atoms with van der Waals surface area (Å²) in [5.41, 5.74) is 0. The van der Waals surface area contributed by atoms with E-state index in [1.54, 1.807) is 6.08 Å². The monoisotopic (exact) mass is 1280 g/mol. The highest BCUT2D eigenvalue weighted by Crippen LogP contribution is 2.30.